The van der Waals surface area contributed by atoms with Gasteiger partial charge in [-0.3, -0.25) is 9.59 Å². The molecule has 3 aromatic rings. The van der Waals surface area contributed by atoms with Crippen molar-refractivity contribution in [1.29, 1.82) is 0 Å². The van der Waals surface area contributed by atoms with Gasteiger partial charge in [-0.25, -0.2) is 13.7 Å². The summed E-state index contributed by atoms with van der Waals surface area (Å²) < 4.78 is 32.1. The van der Waals surface area contributed by atoms with Crippen molar-refractivity contribution in [1.82, 2.24) is 0 Å². The number of halogens is 2. The van der Waals surface area contributed by atoms with E-state index in [0.717, 1.165) is 4.90 Å². The molecule has 0 fully saturated rings. The molecule has 7 heteroatoms. The number of carbonyl (C=O) groups excluding carboxylic acids is 2. The molecule has 1 aliphatic rings. The Morgan fingerprint density at radius 1 is 0.806 bits per heavy atom. The summed E-state index contributed by atoms with van der Waals surface area (Å²) in [5.41, 5.74) is 1.40. The van der Waals surface area contributed by atoms with Crippen molar-refractivity contribution in [2.24, 2.45) is 0 Å². The molecule has 2 amide bonds. The summed E-state index contributed by atoms with van der Waals surface area (Å²) in [6.45, 7) is 2.36. The molecule has 0 bridgehead atoms. The minimum atomic E-state index is -0.593. The number of amides is 2. The highest BCUT2D eigenvalue weighted by atomic mass is 19.1. The molecule has 1 aliphatic heterocycles. The Morgan fingerprint density at radius 2 is 1.39 bits per heavy atom. The van der Waals surface area contributed by atoms with Crippen LogP contribution in [0.15, 0.2) is 78.5 Å². The predicted octanol–water partition coefficient (Wildman–Crippen LogP) is 4.76. The number of hydrogen-bond donors (Lipinski definition) is 1. The lowest BCUT2D eigenvalue weighted by molar-refractivity contribution is -0.120. The van der Waals surface area contributed by atoms with Gasteiger partial charge in [0, 0.05) is 5.69 Å². The number of carbonyl (C=O) groups is 2. The van der Waals surface area contributed by atoms with Crippen LogP contribution in [0.5, 0.6) is 5.75 Å². The average molecular weight is 420 g/mol. The third-order valence-corrected chi connectivity index (χ3v) is 4.74. The number of rotatable bonds is 6. The van der Waals surface area contributed by atoms with Crippen LogP contribution in [-0.2, 0) is 9.59 Å². The summed E-state index contributed by atoms with van der Waals surface area (Å²) in [6.07, 6.45) is 0. The van der Waals surface area contributed by atoms with Gasteiger partial charge in [-0.1, -0.05) is 12.1 Å². The summed E-state index contributed by atoms with van der Waals surface area (Å²) in [4.78, 5) is 27.5. The molecule has 5 nitrogen and oxygen atoms in total. The monoisotopic (exact) mass is 420 g/mol. The Kier molecular flexibility index (Phi) is 5.49. The van der Waals surface area contributed by atoms with Gasteiger partial charge in [0.1, 0.15) is 23.1 Å². The zero-order chi connectivity index (χ0) is 22.0. The van der Waals surface area contributed by atoms with Crippen LogP contribution in [0, 0.1) is 11.6 Å². The highest BCUT2D eigenvalue weighted by Crippen LogP contribution is 2.34. The standard InChI is InChI=1S/C24H18F2N2O3/c1-2-31-20-13-3-15(4-14-20)21-22(27-18-9-5-16(25)6-10-18)24(30)28(23(21)29)19-11-7-17(26)8-12-19/h3-14,27H,2H2,1H3. The molecule has 0 radical (unpaired) electrons. The van der Waals surface area contributed by atoms with Crippen LogP contribution >= 0.6 is 0 Å². The first kappa shape index (κ1) is 20.3. The van der Waals surface area contributed by atoms with E-state index >= 15 is 0 Å². The van der Waals surface area contributed by atoms with Crippen LogP contribution in [0.2, 0.25) is 0 Å². The molecular formula is C24H18F2N2O3. The average Bonchev–Trinajstić information content (AvgIpc) is 3.01. The molecule has 0 aliphatic carbocycles. The number of nitrogens with one attached hydrogen (secondary N) is 1. The van der Waals surface area contributed by atoms with E-state index in [2.05, 4.69) is 5.32 Å². The number of imide groups is 1. The second kappa shape index (κ2) is 8.39. The molecule has 4 rings (SSSR count). The van der Waals surface area contributed by atoms with Crippen LogP contribution in [-0.4, -0.2) is 18.4 Å². The highest BCUT2D eigenvalue weighted by Gasteiger charge is 2.40. The van der Waals surface area contributed by atoms with Crippen molar-refractivity contribution in [3.63, 3.8) is 0 Å². The van der Waals surface area contributed by atoms with Crippen LogP contribution in [0.1, 0.15) is 12.5 Å². The van der Waals surface area contributed by atoms with E-state index in [1.807, 2.05) is 6.92 Å². The lowest BCUT2D eigenvalue weighted by Gasteiger charge is -2.15. The second-order valence-corrected chi connectivity index (χ2v) is 6.76. The van der Waals surface area contributed by atoms with Gasteiger partial charge < -0.3 is 10.1 Å². The number of hydrogen-bond acceptors (Lipinski definition) is 4. The van der Waals surface area contributed by atoms with E-state index in [4.69, 9.17) is 4.74 Å². The molecule has 0 saturated heterocycles. The fourth-order valence-corrected chi connectivity index (χ4v) is 3.30. The maximum absolute atomic E-state index is 13.4. The molecule has 0 atom stereocenters. The van der Waals surface area contributed by atoms with E-state index in [-0.39, 0.29) is 17.0 Å². The summed E-state index contributed by atoms with van der Waals surface area (Å²) in [7, 11) is 0. The number of ether oxygens (including phenoxy) is 1. The van der Waals surface area contributed by atoms with Gasteiger partial charge in [-0.05, 0) is 73.2 Å². The fourth-order valence-electron chi connectivity index (χ4n) is 3.30. The Hall–Kier alpha value is -4.00. The van der Waals surface area contributed by atoms with E-state index in [9.17, 15) is 18.4 Å². The quantitative estimate of drug-likeness (QED) is 0.584. The summed E-state index contributed by atoms with van der Waals surface area (Å²) in [5, 5.41) is 2.94. The number of anilines is 2. The van der Waals surface area contributed by atoms with Gasteiger partial charge in [0.15, 0.2) is 0 Å². The predicted molar refractivity (Wildman–Crippen MR) is 113 cm³/mol. The maximum Gasteiger partial charge on any atom is 0.282 e. The zero-order valence-electron chi connectivity index (χ0n) is 16.6. The molecule has 31 heavy (non-hydrogen) atoms. The first-order valence-corrected chi connectivity index (χ1v) is 9.62. The van der Waals surface area contributed by atoms with Gasteiger partial charge in [0.2, 0.25) is 0 Å². The van der Waals surface area contributed by atoms with E-state index in [0.29, 0.717) is 23.6 Å². The maximum atomic E-state index is 13.4. The Labute approximate surface area is 177 Å². The molecule has 156 valence electrons. The van der Waals surface area contributed by atoms with Gasteiger partial charge in [-0.2, -0.15) is 0 Å². The highest BCUT2D eigenvalue weighted by molar-refractivity contribution is 6.46. The first-order chi connectivity index (χ1) is 15.0. The van der Waals surface area contributed by atoms with Crippen LogP contribution in [0.3, 0.4) is 0 Å². The molecule has 3 aromatic carbocycles. The SMILES string of the molecule is CCOc1ccc(C2=C(Nc3ccc(F)cc3)C(=O)N(c3ccc(F)cc3)C2=O)cc1. The van der Waals surface area contributed by atoms with Gasteiger partial charge >= 0.3 is 0 Å². The van der Waals surface area contributed by atoms with Crippen molar-refractivity contribution in [2.75, 3.05) is 16.8 Å². The Morgan fingerprint density at radius 3 is 1.97 bits per heavy atom. The number of benzene rings is 3. The normalized spacial score (nSPS) is 13.7. The van der Waals surface area contributed by atoms with Crippen molar-refractivity contribution >= 4 is 28.8 Å². The van der Waals surface area contributed by atoms with Crippen LogP contribution in [0.4, 0.5) is 20.2 Å². The van der Waals surface area contributed by atoms with Crippen molar-refractivity contribution in [3.8, 4) is 5.75 Å². The molecule has 0 saturated carbocycles. The molecule has 0 spiro atoms. The van der Waals surface area contributed by atoms with Gasteiger partial charge in [0.05, 0.1) is 17.9 Å². The Bertz CT molecular complexity index is 1150. The molecule has 1 heterocycles. The first-order valence-electron chi connectivity index (χ1n) is 9.62. The van der Waals surface area contributed by atoms with E-state index in [1.54, 1.807) is 24.3 Å². The largest absolute Gasteiger partial charge is 0.494 e. The van der Waals surface area contributed by atoms with E-state index < -0.39 is 23.4 Å². The molecular weight excluding hydrogens is 402 g/mol. The van der Waals surface area contributed by atoms with Crippen LogP contribution < -0.4 is 15.0 Å². The molecule has 1 N–H and O–H groups in total. The topological polar surface area (TPSA) is 58.6 Å². The summed E-state index contributed by atoms with van der Waals surface area (Å²) in [6, 6.07) is 17.3. The minimum Gasteiger partial charge on any atom is -0.494 e. The van der Waals surface area contributed by atoms with Crippen LogP contribution in [0.25, 0.3) is 5.57 Å². The third kappa shape index (κ3) is 4.02. The lowest BCUT2D eigenvalue weighted by atomic mass is 10.0. The smallest absolute Gasteiger partial charge is 0.282 e. The fraction of sp³-hybridized carbons (Fsp3) is 0.0833. The minimum absolute atomic E-state index is 0.0464. The summed E-state index contributed by atoms with van der Waals surface area (Å²) in [5.74, 6) is -1.41. The zero-order valence-corrected chi connectivity index (χ0v) is 16.6. The lowest BCUT2D eigenvalue weighted by Crippen LogP contribution is -2.32. The van der Waals surface area contributed by atoms with Crippen molar-refractivity contribution < 1.29 is 23.1 Å². The summed E-state index contributed by atoms with van der Waals surface area (Å²) >= 11 is 0. The molecule has 0 aromatic heterocycles. The molecule has 0 unspecified atom stereocenters. The number of nitrogens with zero attached hydrogens (tertiary/aromatic N) is 1. The third-order valence-electron chi connectivity index (χ3n) is 4.74. The van der Waals surface area contributed by atoms with Crippen molar-refractivity contribution in [3.05, 3.63) is 95.7 Å². The van der Waals surface area contributed by atoms with E-state index in [1.165, 1.54) is 48.5 Å². The van der Waals surface area contributed by atoms with Crippen molar-refractivity contribution in [2.45, 2.75) is 6.92 Å². The Balaban J connectivity index is 1.78. The van der Waals surface area contributed by atoms with Gasteiger partial charge in [0.25, 0.3) is 11.8 Å². The second-order valence-electron chi connectivity index (χ2n) is 6.76. The van der Waals surface area contributed by atoms with Gasteiger partial charge in [-0.15, -0.1) is 0 Å².